The van der Waals surface area contributed by atoms with E-state index in [4.69, 9.17) is 0 Å². The standard InChI is InChI=1S/C11H12BrNO4/c1-17-11(16)8(12)6-13-10(15)7-4-2-3-5-9(7)14/h2-5,8,14H,6H2,1H3,(H,13,15). The Kier molecular flexibility index (Phi) is 4.96. The SMILES string of the molecule is COC(=O)C(Br)CNC(=O)c1ccccc1O. The third kappa shape index (κ3) is 3.74. The third-order valence-electron chi connectivity index (χ3n) is 2.05. The molecule has 1 unspecified atom stereocenters. The van der Waals surface area contributed by atoms with Crippen LogP contribution in [0, 0.1) is 0 Å². The van der Waals surface area contributed by atoms with Crippen LogP contribution in [0.3, 0.4) is 0 Å². The Morgan fingerprint density at radius 1 is 1.47 bits per heavy atom. The number of methoxy groups -OCH3 is 1. The highest BCUT2D eigenvalue weighted by Crippen LogP contribution is 2.15. The number of hydrogen-bond donors (Lipinski definition) is 2. The summed E-state index contributed by atoms with van der Waals surface area (Å²) in [6.45, 7) is 0.0832. The highest BCUT2D eigenvalue weighted by molar-refractivity contribution is 9.10. The number of carbonyl (C=O) groups is 2. The number of carbonyl (C=O) groups excluding carboxylic acids is 2. The molecule has 5 nitrogen and oxygen atoms in total. The number of ether oxygens (including phenoxy) is 1. The molecule has 0 aliphatic carbocycles. The fraction of sp³-hybridized carbons (Fsp3) is 0.273. The van der Waals surface area contributed by atoms with E-state index in [1.54, 1.807) is 12.1 Å². The van der Waals surface area contributed by atoms with E-state index in [2.05, 4.69) is 26.0 Å². The first-order chi connectivity index (χ1) is 8.06. The Bertz CT molecular complexity index is 422. The summed E-state index contributed by atoms with van der Waals surface area (Å²) in [5.41, 5.74) is 0.164. The maximum atomic E-state index is 11.6. The maximum Gasteiger partial charge on any atom is 0.321 e. The number of aromatic hydroxyl groups is 1. The molecule has 17 heavy (non-hydrogen) atoms. The molecule has 2 N–H and O–H groups in total. The maximum absolute atomic E-state index is 11.6. The fourth-order valence-electron chi connectivity index (χ4n) is 1.15. The summed E-state index contributed by atoms with van der Waals surface area (Å²) >= 11 is 3.07. The van der Waals surface area contributed by atoms with Crippen LogP contribution in [-0.4, -0.2) is 35.5 Å². The molecule has 0 saturated heterocycles. The van der Waals surface area contributed by atoms with Gasteiger partial charge < -0.3 is 15.2 Å². The highest BCUT2D eigenvalue weighted by Gasteiger charge is 2.17. The second kappa shape index (κ2) is 6.24. The first-order valence-electron chi connectivity index (χ1n) is 4.84. The number of alkyl halides is 1. The van der Waals surface area contributed by atoms with Gasteiger partial charge in [-0.3, -0.25) is 9.59 Å². The Morgan fingerprint density at radius 2 is 2.12 bits per heavy atom. The third-order valence-corrected chi connectivity index (χ3v) is 2.75. The molecule has 1 atom stereocenters. The minimum Gasteiger partial charge on any atom is -0.507 e. The van der Waals surface area contributed by atoms with Gasteiger partial charge in [-0.15, -0.1) is 0 Å². The molecule has 0 aliphatic heterocycles. The lowest BCUT2D eigenvalue weighted by molar-refractivity contribution is -0.139. The Hall–Kier alpha value is -1.56. The average Bonchev–Trinajstić information content (AvgIpc) is 2.35. The number of rotatable bonds is 4. The number of phenols is 1. The molecule has 0 fully saturated rings. The number of hydrogen-bond acceptors (Lipinski definition) is 4. The van der Waals surface area contributed by atoms with Gasteiger partial charge >= 0.3 is 5.97 Å². The predicted molar refractivity (Wildman–Crippen MR) is 65.2 cm³/mol. The molecular weight excluding hydrogens is 290 g/mol. The molecular formula is C11H12BrNO4. The van der Waals surface area contributed by atoms with E-state index in [-0.39, 0.29) is 17.9 Å². The van der Waals surface area contributed by atoms with Gasteiger partial charge in [0.25, 0.3) is 5.91 Å². The van der Waals surface area contributed by atoms with Crippen LogP contribution < -0.4 is 5.32 Å². The van der Waals surface area contributed by atoms with Crippen LogP contribution in [0.5, 0.6) is 5.75 Å². The zero-order valence-corrected chi connectivity index (χ0v) is 10.7. The van der Waals surface area contributed by atoms with Crippen LogP contribution in [0.15, 0.2) is 24.3 Å². The van der Waals surface area contributed by atoms with E-state index < -0.39 is 16.7 Å². The molecule has 0 bridgehead atoms. The molecule has 1 aromatic carbocycles. The molecule has 0 saturated carbocycles. The van der Waals surface area contributed by atoms with Crippen molar-refractivity contribution in [2.24, 2.45) is 0 Å². The van der Waals surface area contributed by atoms with E-state index in [1.807, 2.05) is 0 Å². The van der Waals surface area contributed by atoms with E-state index in [0.717, 1.165) is 0 Å². The van der Waals surface area contributed by atoms with Gasteiger partial charge in [0.2, 0.25) is 0 Å². The molecule has 0 radical (unpaired) electrons. The number of esters is 1. The second-order valence-corrected chi connectivity index (χ2v) is 4.32. The normalized spacial score (nSPS) is 11.6. The van der Waals surface area contributed by atoms with Crippen molar-refractivity contribution in [3.8, 4) is 5.75 Å². The van der Waals surface area contributed by atoms with Crippen LogP contribution in [0.4, 0.5) is 0 Å². The molecule has 1 rings (SSSR count). The topological polar surface area (TPSA) is 75.6 Å². The lowest BCUT2D eigenvalue weighted by Crippen LogP contribution is -2.33. The monoisotopic (exact) mass is 301 g/mol. The quantitative estimate of drug-likeness (QED) is 0.644. The van der Waals surface area contributed by atoms with Gasteiger partial charge in [0, 0.05) is 6.54 Å². The molecule has 0 aliphatic rings. The summed E-state index contributed by atoms with van der Waals surface area (Å²) in [6, 6.07) is 6.17. The summed E-state index contributed by atoms with van der Waals surface area (Å²) in [5.74, 6) is -1.02. The van der Waals surface area contributed by atoms with Gasteiger partial charge in [-0.1, -0.05) is 28.1 Å². The predicted octanol–water partition coefficient (Wildman–Crippen LogP) is 1.06. The van der Waals surface area contributed by atoms with E-state index in [1.165, 1.54) is 19.2 Å². The van der Waals surface area contributed by atoms with Gasteiger partial charge in [0.05, 0.1) is 12.7 Å². The molecule has 0 aromatic heterocycles. The summed E-state index contributed by atoms with van der Waals surface area (Å²) in [6.07, 6.45) is 0. The van der Waals surface area contributed by atoms with Gasteiger partial charge in [-0.25, -0.2) is 0 Å². The summed E-state index contributed by atoms with van der Waals surface area (Å²) in [7, 11) is 1.27. The van der Waals surface area contributed by atoms with Gasteiger partial charge in [0.1, 0.15) is 10.6 Å². The van der Waals surface area contributed by atoms with Crippen molar-refractivity contribution in [3.63, 3.8) is 0 Å². The van der Waals surface area contributed by atoms with Gasteiger partial charge in [0.15, 0.2) is 0 Å². The van der Waals surface area contributed by atoms with Crippen LogP contribution in [-0.2, 0) is 9.53 Å². The molecule has 0 heterocycles. The lowest BCUT2D eigenvalue weighted by Gasteiger charge is -2.09. The fourth-order valence-corrected chi connectivity index (χ4v) is 1.50. The van der Waals surface area contributed by atoms with Crippen molar-refractivity contribution in [2.75, 3.05) is 13.7 Å². The number of nitrogens with one attached hydrogen (secondary N) is 1. The summed E-state index contributed by atoms with van der Waals surface area (Å²) < 4.78 is 4.49. The minimum atomic E-state index is -0.609. The Morgan fingerprint density at radius 3 is 2.71 bits per heavy atom. The van der Waals surface area contributed by atoms with Crippen LogP contribution in [0.25, 0.3) is 0 Å². The lowest BCUT2D eigenvalue weighted by atomic mass is 10.2. The van der Waals surface area contributed by atoms with Crippen molar-refractivity contribution in [3.05, 3.63) is 29.8 Å². The zero-order valence-electron chi connectivity index (χ0n) is 9.14. The molecule has 1 aromatic rings. The van der Waals surface area contributed by atoms with Crippen LogP contribution in [0.1, 0.15) is 10.4 Å². The highest BCUT2D eigenvalue weighted by atomic mass is 79.9. The number of benzene rings is 1. The van der Waals surface area contributed by atoms with Crippen molar-refractivity contribution < 1.29 is 19.4 Å². The smallest absolute Gasteiger partial charge is 0.321 e. The zero-order chi connectivity index (χ0) is 12.8. The first kappa shape index (κ1) is 13.5. The summed E-state index contributed by atoms with van der Waals surface area (Å²) in [4.78, 5) is 22.1. The van der Waals surface area contributed by atoms with Crippen LogP contribution >= 0.6 is 15.9 Å². The van der Waals surface area contributed by atoms with Gasteiger partial charge in [-0.05, 0) is 12.1 Å². The number of amides is 1. The second-order valence-electron chi connectivity index (χ2n) is 3.22. The molecule has 0 spiro atoms. The molecule has 6 heteroatoms. The van der Waals surface area contributed by atoms with Crippen molar-refractivity contribution >= 4 is 27.8 Å². The number of para-hydroxylation sites is 1. The molecule has 1 amide bonds. The van der Waals surface area contributed by atoms with Crippen molar-refractivity contribution in [2.45, 2.75) is 4.83 Å². The first-order valence-corrected chi connectivity index (χ1v) is 5.76. The molecule has 92 valence electrons. The largest absolute Gasteiger partial charge is 0.507 e. The van der Waals surface area contributed by atoms with E-state index in [0.29, 0.717) is 0 Å². The Labute approximate surface area is 107 Å². The van der Waals surface area contributed by atoms with E-state index in [9.17, 15) is 14.7 Å². The van der Waals surface area contributed by atoms with Crippen molar-refractivity contribution in [1.29, 1.82) is 0 Å². The van der Waals surface area contributed by atoms with Crippen LogP contribution in [0.2, 0.25) is 0 Å². The minimum absolute atomic E-state index is 0.0832. The van der Waals surface area contributed by atoms with E-state index >= 15 is 0 Å². The number of halogens is 1. The number of phenolic OH excluding ortho intramolecular Hbond substituents is 1. The summed E-state index contributed by atoms with van der Waals surface area (Å²) in [5, 5.41) is 11.9. The van der Waals surface area contributed by atoms with Crippen molar-refractivity contribution in [1.82, 2.24) is 5.32 Å². The van der Waals surface area contributed by atoms with Gasteiger partial charge in [-0.2, -0.15) is 0 Å². The average molecular weight is 302 g/mol. The Balaban J connectivity index is 2.57.